The predicted octanol–water partition coefficient (Wildman–Crippen LogP) is 1.93. The molecule has 0 saturated heterocycles. The summed E-state index contributed by atoms with van der Waals surface area (Å²) in [6.07, 6.45) is 0. The Morgan fingerprint density at radius 3 is 0.833 bits per heavy atom. The van der Waals surface area contributed by atoms with E-state index in [9.17, 15) is 0 Å². The molecular weight excluding hydrogens is 355 g/mol. The molecule has 6 heavy (non-hydrogen) atoms. The van der Waals surface area contributed by atoms with Gasteiger partial charge in [0.15, 0.2) is 0 Å². The Bertz CT molecular complexity index is 23.0. The topological polar surface area (TPSA) is 31.5 Å². The minimum absolute atomic E-state index is 0. The number of rotatable bonds is 0. The normalized spacial score (nSPS) is 12.7. The molecule has 0 amide bonds. The van der Waals surface area contributed by atoms with Crippen LogP contribution in [-0.2, 0) is 12.8 Å². The van der Waals surface area contributed by atoms with Crippen molar-refractivity contribution in [3.8, 4) is 0 Å². The number of hydrogen-bond donors (Lipinski definition) is 0. The number of halogens is 4. The van der Waals surface area contributed by atoms with Gasteiger partial charge < -0.3 is 5.48 Å². The molecule has 0 spiro atoms. The van der Waals surface area contributed by atoms with Crippen LogP contribution in [0.2, 0.25) is 0 Å². The van der Waals surface area contributed by atoms with E-state index in [1.807, 2.05) is 0 Å². The zero-order valence-corrected chi connectivity index (χ0v) is 7.50. The van der Waals surface area contributed by atoms with Gasteiger partial charge in [-0.1, -0.05) is 0 Å². The fourth-order valence-corrected chi connectivity index (χ4v) is 0. The summed E-state index contributed by atoms with van der Waals surface area (Å²) in [4.78, 5) is 0. The average molecular weight is 357 g/mol. The van der Waals surface area contributed by atoms with Gasteiger partial charge in [0.05, 0.1) is 0 Å². The van der Waals surface area contributed by atoms with Gasteiger partial charge in [-0.2, -0.15) is 0 Å². The summed E-state index contributed by atoms with van der Waals surface area (Å²) in [5.41, 5.74) is 0. The molecule has 0 aromatic carbocycles. The summed E-state index contributed by atoms with van der Waals surface area (Å²) >= 11 is -3.00. The van der Waals surface area contributed by atoms with Crippen molar-refractivity contribution in [2.75, 3.05) is 0 Å². The SMILES string of the molecule is O.[Cl][Au-]([Cl])([Cl])[Cl]. The van der Waals surface area contributed by atoms with Crippen LogP contribution in [0.5, 0.6) is 0 Å². The van der Waals surface area contributed by atoms with E-state index in [2.05, 4.69) is 0 Å². The summed E-state index contributed by atoms with van der Waals surface area (Å²) in [5, 5.41) is 0. The first-order valence-corrected chi connectivity index (χ1v) is 11.2. The van der Waals surface area contributed by atoms with E-state index in [1.54, 1.807) is 0 Å². The Hall–Kier alpha value is 1.86. The Morgan fingerprint density at radius 1 is 0.833 bits per heavy atom. The van der Waals surface area contributed by atoms with Gasteiger partial charge in [0, 0.05) is 0 Å². The zero-order valence-electron chi connectivity index (χ0n) is 2.31. The third kappa shape index (κ3) is 40.0. The molecule has 48 valence electrons. The molecule has 6 heteroatoms. The quantitative estimate of drug-likeness (QED) is 0.594. The molecule has 1 nitrogen and oxygen atoms in total. The Morgan fingerprint density at radius 2 is 0.833 bits per heavy atom. The van der Waals surface area contributed by atoms with E-state index in [-0.39, 0.29) is 5.48 Å². The van der Waals surface area contributed by atoms with Crippen LogP contribution >= 0.6 is 36.8 Å². The molecule has 0 aromatic heterocycles. The molecule has 0 aliphatic rings. The average Bonchev–Trinajstić information content (AvgIpc) is 0.722. The first-order valence-electron chi connectivity index (χ1n) is 0.456. The first-order chi connectivity index (χ1) is 2.00. The van der Waals surface area contributed by atoms with Gasteiger partial charge in [0.1, 0.15) is 0 Å². The van der Waals surface area contributed by atoms with Crippen LogP contribution < -0.4 is 0 Å². The van der Waals surface area contributed by atoms with Crippen molar-refractivity contribution in [2.24, 2.45) is 0 Å². The Balaban J connectivity index is 0. The van der Waals surface area contributed by atoms with Gasteiger partial charge in [-0.15, -0.1) is 0 Å². The number of hydrogen-bond acceptors (Lipinski definition) is 0. The summed E-state index contributed by atoms with van der Waals surface area (Å²) in [7, 11) is 20.0. The van der Waals surface area contributed by atoms with E-state index in [0.717, 1.165) is 0 Å². The van der Waals surface area contributed by atoms with Crippen molar-refractivity contribution >= 4 is 36.8 Å². The van der Waals surface area contributed by atoms with Gasteiger partial charge in [0.25, 0.3) is 0 Å². The van der Waals surface area contributed by atoms with Gasteiger partial charge in [0.2, 0.25) is 0 Å². The van der Waals surface area contributed by atoms with Crippen LogP contribution in [-0.4, -0.2) is 5.48 Å². The molecule has 0 unspecified atom stereocenters. The van der Waals surface area contributed by atoms with Gasteiger partial charge in [-0.05, 0) is 0 Å². The van der Waals surface area contributed by atoms with Crippen molar-refractivity contribution in [1.82, 2.24) is 0 Å². The minimum atomic E-state index is -3.00. The van der Waals surface area contributed by atoms with Crippen LogP contribution in [0.25, 0.3) is 0 Å². The molecule has 0 atom stereocenters. The third-order valence-electron chi connectivity index (χ3n) is 0. The maximum atomic E-state index is 5.00. The molecule has 0 saturated carbocycles. The van der Waals surface area contributed by atoms with Crippen LogP contribution in [0.4, 0.5) is 0 Å². The molecule has 0 heterocycles. The van der Waals surface area contributed by atoms with Gasteiger partial charge >= 0.3 is 49.6 Å². The van der Waals surface area contributed by atoms with E-state index >= 15 is 0 Å². The van der Waals surface area contributed by atoms with Crippen LogP contribution in [0.15, 0.2) is 0 Å². The summed E-state index contributed by atoms with van der Waals surface area (Å²) < 4.78 is 0. The summed E-state index contributed by atoms with van der Waals surface area (Å²) in [6, 6.07) is 0. The molecule has 0 radical (unpaired) electrons. The zero-order chi connectivity index (χ0) is 4.50. The molecule has 0 aliphatic heterocycles. The van der Waals surface area contributed by atoms with E-state index in [0.29, 0.717) is 0 Å². The van der Waals surface area contributed by atoms with Crippen molar-refractivity contribution in [3.05, 3.63) is 0 Å². The Labute approximate surface area is 54.6 Å². The molecular formula is H2AuCl4O-. The second-order valence-corrected chi connectivity index (χ2v) is 19.0. The second-order valence-electron chi connectivity index (χ2n) is 0.258. The van der Waals surface area contributed by atoms with E-state index < -0.39 is 12.8 Å². The van der Waals surface area contributed by atoms with E-state index in [4.69, 9.17) is 36.8 Å². The third-order valence-corrected chi connectivity index (χ3v) is 0. The molecule has 0 aliphatic carbocycles. The Kier molecular flexibility index (Phi) is 6.85. The molecule has 2 N–H and O–H groups in total. The molecule has 0 bridgehead atoms. The van der Waals surface area contributed by atoms with Gasteiger partial charge in [-0.25, -0.2) is 0 Å². The molecule has 0 fully saturated rings. The summed E-state index contributed by atoms with van der Waals surface area (Å²) in [5.74, 6) is 0. The fraction of sp³-hybridized carbons (Fsp3) is 0. The van der Waals surface area contributed by atoms with Crippen molar-refractivity contribution < 1.29 is 18.3 Å². The molecule has 0 rings (SSSR count). The van der Waals surface area contributed by atoms with Crippen molar-refractivity contribution in [2.45, 2.75) is 0 Å². The first kappa shape index (κ1) is 10.8. The van der Waals surface area contributed by atoms with Crippen LogP contribution in [0.3, 0.4) is 0 Å². The van der Waals surface area contributed by atoms with Crippen LogP contribution in [0.1, 0.15) is 0 Å². The second kappa shape index (κ2) is 3.81. The van der Waals surface area contributed by atoms with Crippen molar-refractivity contribution in [1.29, 1.82) is 0 Å². The van der Waals surface area contributed by atoms with Crippen molar-refractivity contribution in [3.63, 3.8) is 0 Å². The van der Waals surface area contributed by atoms with Gasteiger partial charge in [-0.3, -0.25) is 0 Å². The predicted molar refractivity (Wildman–Crippen MR) is 27.0 cm³/mol. The monoisotopic (exact) mass is 355 g/mol. The van der Waals surface area contributed by atoms with Crippen LogP contribution in [0, 0.1) is 0 Å². The standard InChI is InChI=1S/Au.4ClH.H2O/h;4*1H;1H2/q+3;;;;;/p-4. The fourth-order valence-electron chi connectivity index (χ4n) is 0. The summed E-state index contributed by atoms with van der Waals surface area (Å²) in [6.45, 7) is 0. The van der Waals surface area contributed by atoms with E-state index in [1.165, 1.54) is 0 Å². The molecule has 0 aromatic rings. The maximum absolute atomic E-state index is 5.00.